The van der Waals surface area contributed by atoms with Crippen molar-refractivity contribution >= 4 is 38.8 Å². The Morgan fingerprint density at radius 1 is 0.842 bits per heavy atom. The van der Waals surface area contributed by atoms with Crippen LogP contribution in [0.4, 0.5) is 0 Å². The summed E-state index contributed by atoms with van der Waals surface area (Å²) in [6.45, 7) is 0. The average molecular weight is 425 g/mol. The molecule has 0 N–H and O–H groups in total. The second-order valence-corrected chi connectivity index (χ2v) is 5.77. The molecule has 1 heterocycles. The molecule has 0 radical (unpaired) electrons. The molecule has 4 heteroatoms. The van der Waals surface area contributed by atoms with Gasteiger partial charge in [-0.2, -0.15) is 0 Å². The van der Waals surface area contributed by atoms with Crippen molar-refractivity contribution in [3.63, 3.8) is 0 Å². The maximum absolute atomic E-state index is 4.63. The second-order valence-electron chi connectivity index (χ2n) is 4.09. The highest BCUT2D eigenvalue weighted by atomic mass is 127. The monoisotopic (exact) mass is 424 g/mol. The summed E-state index contributed by atoms with van der Waals surface area (Å²) in [7, 11) is 0. The van der Waals surface area contributed by atoms with Gasteiger partial charge in [-0.3, -0.25) is 2.78 Å². The van der Waals surface area contributed by atoms with Crippen LogP contribution < -0.4 is 0 Å². The molecule has 0 saturated carbocycles. The minimum atomic E-state index is 0.825. The number of aromatic nitrogens is 2. The summed E-state index contributed by atoms with van der Waals surface area (Å²) in [6.07, 6.45) is 0. The molecule has 3 rings (SSSR count). The predicted molar refractivity (Wildman–Crippen MR) is 90.2 cm³/mol. The molecule has 0 bridgehead atoms. The van der Waals surface area contributed by atoms with Gasteiger partial charge in [-0.25, -0.2) is 4.98 Å². The smallest absolute Gasteiger partial charge is 0.187 e. The first-order valence-corrected chi connectivity index (χ1v) is 7.58. The van der Waals surface area contributed by atoms with E-state index in [-0.39, 0.29) is 0 Å². The van der Waals surface area contributed by atoms with E-state index >= 15 is 0 Å². The Morgan fingerprint density at radius 3 is 1.95 bits per heavy atom. The van der Waals surface area contributed by atoms with Gasteiger partial charge in [0.1, 0.15) is 0 Å². The van der Waals surface area contributed by atoms with E-state index in [2.05, 4.69) is 68.0 Å². The zero-order valence-electron chi connectivity index (χ0n) is 9.92. The van der Waals surface area contributed by atoms with E-state index in [4.69, 9.17) is 0 Å². The van der Waals surface area contributed by atoms with Gasteiger partial charge in [0.05, 0.1) is 34.3 Å². The molecule has 0 aliphatic carbocycles. The van der Waals surface area contributed by atoms with E-state index < -0.39 is 0 Å². The Bertz CT molecular complexity index is 693. The molecule has 2 aromatic carbocycles. The lowest BCUT2D eigenvalue weighted by Crippen LogP contribution is -1.87. The first-order chi connectivity index (χ1) is 9.27. The molecular weight excluding hydrogens is 415 g/mol. The summed E-state index contributed by atoms with van der Waals surface area (Å²) >= 11 is 5.77. The van der Waals surface area contributed by atoms with Crippen LogP contribution >= 0.6 is 38.8 Å². The van der Waals surface area contributed by atoms with Gasteiger partial charge in [0.15, 0.2) is 4.73 Å². The Morgan fingerprint density at radius 2 is 1.37 bits per heavy atom. The molecule has 19 heavy (non-hydrogen) atoms. The van der Waals surface area contributed by atoms with Crippen LogP contribution in [0.25, 0.3) is 22.5 Å². The molecule has 0 saturated heterocycles. The van der Waals surface area contributed by atoms with Crippen molar-refractivity contribution < 1.29 is 0 Å². The maximum atomic E-state index is 4.63. The molecule has 0 aliphatic heterocycles. The van der Waals surface area contributed by atoms with E-state index in [1.54, 1.807) is 0 Å². The molecule has 94 valence electrons. The molecule has 0 unspecified atom stereocenters. The predicted octanol–water partition coefficient (Wildman–Crippen LogP) is 5.18. The van der Waals surface area contributed by atoms with Crippen LogP contribution in [0.5, 0.6) is 0 Å². The zero-order chi connectivity index (χ0) is 13.2. The van der Waals surface area contributed by atoms with Gasteiger partial charge < -0.3 is 0 Å². The minimum Gasteiger partial charge on any atom is -0.258 e. The summed E-state index contributed by atoms with van der Waals surface area (Å²) in [5.41, 5.74) is 4.39. The number of rotatable bonds is 2. The van der Waals surface area contributed by atoms with Crippen LogP contribution in [0.15, 0.2) is 65.4 Å². The lowest BCUT2D eigenvalue weighted by molar-refractivity contribution is 1.21. The Labute approximate surface area is 134 Å². The van der Waals surface area contributed by atoms with Gasteiger partial charge >= 0.3 is 0 Å². The van der Waals surface area contributed by atoms with Crippen molar-refractivity contribution in [2.75, 3.05) is 0 Å². The summed E-state index contributed by atoms with van der Waals surface area (Å²) < 4.78 is 2.86. The summed E-state index contributed by atoms with van der Waals surface area (Å²) in [6, 6.07) is 20.6. The molecule has 0 aliphatic rings. The Hall–Kier alpha value is -1.14. The Balaban J connectivity index is 2.25. The standard InChI is InChI=1S/C15H10BrIN2/c16-15-18-13(11-7-3-1-4-8-11)14(19(15)17)12-9-5-2-6-10-12/h1-10H. The second kappa shape index (κ2) is 5.46. The highest BCUT2D eigenvalue weighted by Gasteiger charge is 2.16. The number of benzene rings is 2. The Kier molecular flexibility index (Phi) is 3.70. The van der Waals surface area contributed by atoms with E-state index in [0.29, 0.717) is 0 Å². The quantitative estimate of drug-likeness (QED) is 0.518. The van der Waals surface area contributed by atoms with Gasteiger partial charge in [-0.05, 0) is 15.9 Å². The van der Waals surface area contributed by atoms with Gasteiger partial charge in [-0.1, -0.05) is 60.7 Å². The van der Waals surface area contributed by atoms with Gasteiger partial charge in [0, 0.05) is 11.1 Å². The van der Waals surface area contributed by atoms with Gasteiger partial charge in [0.2, 0.25) is 0 Å². The SMILES string of the molecule is Brc1nc(-c2ccccc2)c(-c2ccccc2)n1I. The van der Waals surface area contributed by atoms with Gasteiger partial charge in [-0.15, -0.1) is 0 Å². The number of hydrogen-bond donors (Lipinski definition) is 0. The van der Waals surface area contributed by atoms with Crippen molar-refractivity contribution in [1.82, 2.24) is 7.76 Å². The summed E-state index contributed by atoms with van der Waals surface area (Å²) in [4.78, 5) is 4.63. The van der Waals surface area contributed by atoms with Crippen molar-refractivity contribution in [1.29, 1.82) is 0 Å². The van der Waals surface area contributed by atoms with Crippen LogP contribution in [0.1, 0.15) is 0 Å². The number of imidazole rings is 1. The van der Waals surface area contributed by atoms with Crippen molar-refractivity contribution in [2.24, 2.45) is 0 Å². The van der Waals surface area contributed by atoms with Crippen molar-refractivity contribution in [3.05, 3.63) is 65.4 Å². The fraction of sp³-hybridized carbons (Fsp3) is 0. The van der Waals surface area contributed by atoms with Crippen LogP contribution in [-0.2, 0) is 0 Å². The highest BCUT2D eigenvalue weighted by molar-refractivity contribution is 14.1. The van der Waals surface area contributed by atoms with Gasteiger partial charge in [0.25, 0.3) is 0 Å². The van der Waals surface area contributed by atoms with Crippen LogP contribution in [-0.4, -0.2) is 7.76 Å². The van der Waals surface area contributed by atoms with Crippen LogP contribution in [0.3, 0.4) is 0 Å². The van der Waals surface area contributed by atoms with E-state index in [1.165, 1.54) is 0 Å². The molecule has 3 aromatic rings. The molecule has 0 fully saturated rings. The normalized spacial score (nSPS) is 10.6. The summed E-state index contributed by atoms with van der Waals surface area (Å²) in [5, 5.41) is 0. The van der Waals surface area contributed by atoms with E-state index in [0.717, 1.165) is 27.2 Å². The molecule has 0 atom stereocenters. The minimum absolute atomic E-state index is 0.825. The third-order valence-corrected chi connectivity index (χ3v) is 5.02. The lowest BCUT2D eigenvalue weighted by atomic mass is 10.1. The highest BCUT2D eigenvalue weighted by Crippen LogP contribution is 2.35. The number of hydrogen-bond acceptors (Lipinski definition) is 1. The first-order valence-electron chi connectivity index (χ1n) is 5.82. The molecule has 2 nitrogen and oxygen atoms in total. The van der Waals surface area contributed by atoms with Crippen molar-refractivity contribution in [2.45, 2.75) is 0 Å². The van der Waals surface area contributed by atoms with Crippen molar-refractivity contribution in [3.8, 4) is 22.5 Å². The largest absolute Gasteiger partial charge is 0.258 e. The fourth-order valence-electron chi connectivity index (χ4n) is 2.02. The van der Waals surface area contributed by atoms with Crippen LogP contribution in [0, 0.1) is 0 Å². The third-order valence-electron chi connectivity index (χ3n) is 2.88. The summed E-state index contributed by atoms with van der Waals surface area (Å²) in [5.74, 6) is 0. The number of nitrogens with zero attached hydrogens (tertiary/aromatic N) is 2. The van der Waals surface area contributed by atoms with E-state index in [1.807, 2.05) is 39.2 Å². The molecular formula is C15H10BrIN2. The first kappa shape index (κ1) is 12.9. The topological polar surface area (TPSA) is 17.8 Å². The number of halogens is 2. The molecule has 1 aromatic heterocycles. The maximum Gasteiger partial charge on any atom is 0.187 e. The molecule has 0 amide bonds. The van der Waals surface area contributed by atoms with E-state index in [9.17, 15) is 0 Å². The third kappa shape index (κ3) is 2.47. The molecule has 0 spiro atoms. The fourth-order valence-corrected chi connectivity index (χ4v) is 2.99. The average Bonchev–Trinajstić information content (AvgIpc) is 2.77. The zero-order valence-corrected chi connectivity index (χ0v) is 13.7. The lowest BCUT2D eigenvalue weighted by Gasteiger charge is -2.05. The van der Waals surface area contributed by atoms with Crippen LogP contribution in [0.2, 0.25) is 0 Å².